The number of nitrogens with zero attached hydrogens (tertiary/aromatic N) is 6. The van der Waals surface area contributed by atoms with E-state index in [9.17, 15) is 8.42 Å². The molecule has 2 N–H and O–H groups in total. The van der Waals surface area contributed by atoms with E-state index in [0.717, 1.165) is 11.1 Å². The van der Waals surface area contributed by atoms with Gasteiger partial charge < -0.3 is 14.8 Å². The minimum atomic E-state index is -4.04. The zero-order valence-electron chi connectivity index (χ0n) is 22.0. The van der Waals surface area contributed by atoms with Crippen LogP contribution < -0.4 is 19.5 Å². The number of aromatic nitrogens is 6. The molecule has 0 amide bonds. The number of rotatable bonds is 10. The summed E-state index contributed by atoms with van der Waals surface area (Å²) in [6, 6.07) is 6.43. The molecule has 0 saturated carbocycles. The van der Waals surface area contributed by atoms with Crippen LogP contribution in [-0.4, -0.2) is 64.7 Å². The van der Waals surface area contributed by atoms with E-state index < -0.39 is 21.3 Å². The van der Waals surface area contributed by atoms with Crippen molar-refractivity contribution in [2.45, 2.75) is 32.1 Å². The molecular formula is C25H30N8O4S. The molecule has 38 heavy (non-hydrogen) atoms. The first-order chi connectivity index (χ1) is 18.2. The van der Waals surface area contributed by atoms with Crippen molar-refractivity contribution < 1.29 is 17.9 Å². The predicted molar refractivity (Wildman–Crippen MR) is 143 cm³/mol. The Bertz CT molecular complexity index is 1500. The van der Waals surface area contributed by atoms with Gasteiger partial charge in [0, 0.05) is 30.4 Å². The van der Waals surface area contributed by atoms with Gasteiger partial charge in [0.05, 0.1) is 20.3 Å². The molecule has 13 heteroatoms. The molecular weight excluding hydrogens is 508 g/mol. The highest BCUT2D eigenvalue weighted by Crippen LogP contribution is 2.38. The molecule has 0 aliphatic heterocycles. The Morgan fingerprint density at radius 3 is 2.18 bits per heavy atom. The summed E-state index contributed by atoms with van der Waals surface area (Å²) in [5.41, 5.74) is 2.82. The summed E-state index contributed by atoms with van der Waals surface area (Å²) in [5.74, 6) is 1.52. The average molecular weight is 539 g/mol. The Labute approximate surface area is 221 Å². The predicted octanol–water partition coefficient (Wildman–Crippen LogP) is 2.84. The highest BCUT2D eigenvalue weighted by atomic mass is 32.2. The van der Waals surface area contributed by atoms with E-state index in [4.69, 9.17) is 9.47 Å². The molecule has 0 aliphatic carbocycles. The Morgan fingerprint density at radius 2 is 1.61 bits per heavy atom. The number of methoxy groups -OCH3 is 2. The largest absolute Gasteiger partial charge is 0.494 e. The fraction of sp³-hybridized carbons (Fsp3) is 0.320. The van der Waals surface area contributed by atoms with Gasteiger partial charge in [-0.25, -0.2) is 18.4 Å². The molecule has 0 fully saturated rings. The molecule has 2 atom stereocenters. The maximum absolute atomic E-state index is 13.7. The van der Waals surface area contributed by atoms with Crippen molar-refractivity contribution in [2.75, 3.05) is 26.0 Å². The molecule has 2 unspecified atom stereocenters. The first-order valence-corrected chi connectivity index (χ1v) is 13.3. The molecule has 200 valence electrons. The topological polar surface area (TPSA) is 146 Å². The fourth-order valence-corrected chi connectivity index (χ4v) is 5.20. The van der Waals surface area contributed by atoms with Crippen molar-refractivity contribution in [1.29, 1.82) is 0 Å². The summed E-state index contributed by atoms with van der Waals surface area (Å²) in [4.78, 5) is 12.9. The van der Waals surface area contributed by atoms with Crippen molar-refractivity contribution >= 4 is 16.0 Å². The van der Waals surface area contributed by atoms with E-state index in [-0.39, 0.29) is 5.95 Å². The number of para-hydroxylation sites is 1. The Balaban J connectivity index is 1.84. The van der Waals surface area contributed by atoms with Crippen molar-refractivity contribution in [1.82, 2.24) is 35.0 Å². The smallest absolute Gasteiger partial charge is 0.243 e. The molecule has 0 bridgehead atoms. The van der Waals surface area contributed by atoms with Gasteiger partial charge in [-0.2, -0.15) is 0 Å². The lowest BCUT2D eigenvalue weighted by Gasteiger charge is -2.23. The zero-order chi connectivity index (χ0) is 27.4. The van der Waals surface area contributed by atoms with E-state index in [0.29, 0.717) is 34.4 Å². The summed E-state index contributed by atoms with van der Waals surface area (Å²) in [6.07, 6.45) is 6.63. The third-order valence-corrected chi connectivity index (χ3v) is 7.72. The van der Waals surface area contributed by atoms with Gasteiger partial charge in [0.25, 0.3) is 0 Å². The second-order valence-corrected chi connectivity index (χ2v) is 10.7. The zero-order valence-corrected chi connectivity index (χ0v) is 22.8. The molecule has 4 aromatic rings. The van der Waals surface area contributed by atoms with Gasteiger partial charge in [-0.15, -0.1) is 10.2 Å². The van der Waals surface area contributed by atoms with Crippen LogP contribution in [0.1, 0.15) is 29.9 Å². The van der Waals surface area contributed by atoms with Gasteiger partial charge in [0.1, 0.15) is 28.3 Å². The summed E-state index contributed by atoms with van der Waals surface area (Å²) in [7, 11) is 0.646. The fourth-order valence-electron chi connectivity index (χ4n) is 4.01. The van der Waals surface area contributed by atoms with Crippen LogP contribution in [0, 0.1) is 13.8 Å². The van der Waals surface area contributed by atoms with Crippen LogP contribution in [0.3, 0.4) is 0 Å². The highest BCUT2D eigenvalue weighted by Gasteiger charge is 2.34. The average Bonchev–Trinajstić information content (AvgIpc) is 3.31. The number of nitrogens with one attached hydrogen (secondary N) is 2. The van der Waals surface area contributed by atoms with Gasteiger partial charge in [0.2, 0.25) is 16.0 Å². The van der Waals surface area contributed by atoms with Crippen LogP contribution in [-0.2, 0) is 10.0 Å². The minimum absolute atomic E-state index is 0.0455. The van der Waals surface area contributed by atoms with Crippen LogP contribution >= 0.6 is 0 Å². The summed E-state index contributed by atoms with van der Waals surface area (Å²) in [5, 5.41) is 10.6. The Morgan fingerprint density at radius 1 is 0.947 bits per heavy atom. The van der Waals surface area contributed by atoms with Gasteiger partial charge in [-0.3, -0.25) is 14.3 Å². The molecule has 0 aliphatic rings. The number of hydrogen-bond donors (Lipinski definition) is 2. The van der Waals surface area contributed by atoms with Gasteiger partial charge >= 0.3 is 0 Å². The number of pyridine rings is 1. The number of anilines is 1. The molecule has 3 heterocycles. The van der Waals surface area contributed by atoms with Crippen molar-refractivity contribution in [3.05, 3.63) is 66.0 Å². The number of sulfonamides is 1. The lowest BCUT2D eigenvalue weighted by Crippen LogP contribution is -2.38. The van der Waals surface area contributed by atoms with E-state index in [1.165, 1.54) is 14.2 Å². The van der Waals surface area contributed by atoms with E-state index in [1.807, 2.05) is 19.9 Å². The first-order valence-electron chi connectivity index (χ1n) is 11.8. The first kappa shape index (κ1) is 26.9. The van der Waals surface area contributed by atoms with Crippen LogP contribution in [0.2, 0.25) is 0 Å². The van der Waals surface area contributed by atoms with Crippen LogP contribution in [0.4, 0.5) is 5.95 Å². The van der Waals surface area contributed by atoms with Gasteiger partial charge in [-0.05, 0) is 57.1 Å². The standard InChI is InChI=1S/C25H30N8O4S/c1-15-10-18(14-27-11-15)24-30-31-25(33(24)22-19(36-5)8-7-9-20(22)37-6)32-38(34,35)17(3)21(26-4)23-28-12-16(2)13-29-23/h7-14,17,21,26H,1-6H3,(H,31,32). The third kappa shape index (κ3) is 5.29. The second kappa shape index (κ2) is 11.1. The van der Waals surface area contributed by atoms with Gasteiger partial charge in [-0.1, -0.05) is 6.07 Å². The van der Waals surface area contributed by atoms with Crippen LogP contribution in [0.5, 0.6) is 11.5 Å². The monoisotopic (exact) mass is 538 g/mol. The third-order valence-electron chi connectivity index (χ3n) is 6.00. The van der Waals surface area contributed by atoms with Crippen molar-refractivity contribution in [3.8, 4) is 28.6 Å². The lowest BCUT2D eigenvalue weighted by atomic mass is 10.2. The molecule has 0 saturated heterocycles. The summed E-state index contributed by atoms with van der Waals surface area (Å²) >= 11 is 0. The molecule has 0 spiro atoms. The Hall–Kier alpha value is -4.10. The van der Waals surface area contributed by atoms with Crippen molar-refractivity contribution in [2.24, 2.45) is 0 Å². The lowest BCUT2D eigenvalue weighted by molar-refractivity contribution is 0.391. The molecule has 0 radical (unpaired) electrons. The van der Waals surface area contributed by atoms with Crippen LogP contribution in [0.25, 0.3) is 17.1 Å². The van der Waals surface area contributed by atoms with E-state index >= 15 is 0 Å². The minimum Gasteiger partial charge on any atom is -0.494 e. The number of ether oxygens (including phenoxy) is 2. The molecule has 12 nitrogen and oxygen atoms in total. The maximum Gasteiger partial charge on any atom is 0.243 e. The molecule has 4 rings (SSSR count). The number of aryl methyl sites for hydroxylation is 2. The Kier molecular flexibility index (Phi) is 7.88. The van der Waals surface area contributed by atoms with E-state index in [1.54, 1.807) is 61.5 Å². The second-order valence-electron chi connectivity index (χ2n) is 8.68. The SMILES string of the molecule is CNC(c1ncc(C)cn1)C(C)S(=O)(=O)Nc1nnc(-c2cncc(C)c2)n1-c1c(OC)cccc1OC. The summed E-state index contributed by atoms with van der Waals surface area (Å²) < 4.78 is 42.7. The van der Waals surface area contributed by atoms with E-state index in [2.05, 4.69) is 35.2 Å². The normalized spacial score (nSPS) is 13.1. The summed E-state index contributed by atoms with van der Waals surface area (Å²) in [6.45, 7) is 5.33. The number of benzene rings is 1. The maximum atomic E-state index is 13.7. The van der Waals surface area contributed by atoms with Gasteiger partial charge in [0.15, 0.2) is 5.82 Å². The number of hydrogen-bond acceptors (Lipinski definition) is 10. The quantitative estimate of drug-likeness (QED) is 0.309. The van der Waals surface area contributed by atoms with Crippen molar-refractivity contribution in [3.63, 3.8) is 0 Å². The molecule has 3 aromatic heterocycles. The molecule has 1 aromatic carbocycles. The highest BCUT2D eigenvalue weighted by molar-refractivity contribution is 7.93. The van der Waals surface area contributed by atoms with Crippen LogP contribution in [0.15, 0.2) is 49.1 Å².